The monoisotopic (exact) mass is 266 g/mol. The first kappa shape index (κ1) is 11.2. The number of rotatable bonds is 2. The summed E-state index contributed by atoms with van der Waals surface area (Å²) >= 11 is 3.81. The molecule has 0 nitrogen and oxygen atoms in total. The van der Waals surface area contributed by atoms with E-state index in [1.807, 2.05) is 0 Å². The van der Waals surface area contributed by atoms with Crippen LogP contribution in [0, 0.1) is 19.8 Å². The minimum Gasteiger partial charge on any atom is -0.0888 e. The third-order valence-corrected chi connectivity index (χ3v) is 4.88. The van der Waals surface area contributed by atoms with E-state index < -0.39 is 0 Å². The Morgan fingerprint density at radius 2 is 1.87 bits per heavy atom. The zero-order chi connectivity index (χ0) is 10.8. The van der Waals surface area contributed by atoms with Gasteiger partial charge in [0.05, 0.1) is 0 Å². The quantitative estimate of drug-likeness (QED) is 0.696. The van der Waals surface area contributed by atoms with Crippen LogP contribution in [0.3, 0.4) is 0 Å². The van der Waals surface area contributed by atoms with Crippen molar-refractivity contribution in [2.24, 2.45) is 5.92 Å². The molecule has 0 amide bonds. The first-order valence-electron chi connectivity index (χ1n) is 5.87. The molecule has 1 fully saturated rings. The standard InChI is InChI=1S/C14H19Br/c1-10-5-3-6-11(2)13(10)9-12-7-4-8-14(12)15/h3,5-6,12,14H,4,7-9H2,1-2H3. The van der Waals surface area contributed by atoms with Crippen molar-refractivity contribution in [3.05, 3.63) is 34.9 Å². The number of hydrogen-bond acceptors (Lipinski definition) is 0. The molecule has 0 aromatic heterocycles. The molecule has 0 saturated heterocycles. The Hall–Kier alpha value is -0.300. The minimum atomic E-state index is 0.747. The van der Waals surface area contributed by atoms with Gasteiger partial charge in [-0.2, -0.15) is 0 Å². The lowest BCUT2D eigenvalue weighted by molar-refractivity contribution is 0.560. The van der Waals surface area contributed by atoms with Crippen LogP contribution in [0.25, 0.3) is 0 Å². The van der Waals surface area contributed by atoms with Gasteiger partial charge < -0.3 is 0 Å². The highest BCUT2D eigenvalue weighted by Crippen LogP contribution is 2.35. The second-order valence-electron chi connectivity index (χ2n) is 4.78. The molecule has 0 spiro atoms. The van der Waals surface area contributed by atoms with Crippen molar-refractivity contribution < 1.29 is 0 Å². The van der Waals surface area contributed by atoms with Crippen molar-refractivity contribution in [3.8, 4) is 0 Å². The molecule has 1 aromatic carbocycles. The molecular formula is C14H19Br. The highest BCUT2D eigenvalue weighted by atomic mass is 79.9. The number of aryl methyl sites for hydroxylation is 2. The van der Waals surface area contributed by atoms with Crippen LogP contribution in [0.15, 0.2) is 18.2 Å². The Balaban J connectivity index is 2.16. The van der Waals surface area contributed by atoms with Gasteiger partial charge in [-0.25, -0.2) is 0 Å². The van der Waals surface area contributed by atoms with E-state index in [9.17, 15) is 0 Å². The molecule has 0 heterocycles. The van der Waals surface area contributed by atoms with Gasteiger partial charge in [0.15, 0.2) is 0 Å². The molecule has 0 radical (unpaired) electrons. The number of halogens is 1. The molecule has 2 unspecified atom stereocenters. The molecule has 1 aliphatic rings. The molecule has 0 bridgehead atoms. The van der Waals surface area contributed by atoms with E-state index in [1.54, 1.807) is 5.56 Å². The van der Waals surface area contributed by atoms with Gasteiger partial charge in [-0.05, 0) is 55.7 Å². The second kappa shape index (κ2) is 4.69. The van der Waals surface area contributed by atoms with Crippen molar-refractivity contribution in [2.45, 2.75) is 44.4 Å². The van der Waals surface area contributed by atoms with Crippen molar-refractivity contribution in [2.75, 3.05) is 0 Å². The van der Waals surface area contributed by atoms with Crippen LogP contribution >= 0.6 is 15.9 Å². The van der Waals surface area contributed by atoms with Gasteiger partial charge in [-0.15, -0.1) is 0 Å². The maximum Gasteiger partial charge on any atom is 0.0177 e. The third kappa shape index (κ3) is 2.44. The lowest BCUT2D eigenvalue weighted by Crippen LogP contribution is -2.11. The fourth-order valence-electron chi connectivity index (χ4n) is 2.65. The summed E-state index contributed by atoms with van der Waals surface area (Å²) in [5.41, 5.74) is 4.50. The van der Waals surface area contributed by atoms with Gasteiger partial charge >= 0.3 is 0 Å². The molecule has 0 aliphatic heterocycles. The second-order valence-corrected chi connectivity index (χ2v) is 5.96. The predicted molar refractivity (Wildman–Crippen MR) is 69.7 cm³/mol. The van der Waals surface area contributed by atoms with E-state index in [2.05, 4.69) is 48.0 Å². The van der Waals surface area contributed by atoms with Crippen LogP contribution in [-0.4, -0.2) is 4.83 Å². The SMILES string of the molecule is Cc1cccc(C)c1CC1CCCC1Br. The number of hydrogen-bond donors (Lipinski definition) is 0. The molecule has 15 heavy (non-hydrogen) atoms. The first-order chi connectivity index (χ1) is 7.18. The maximum atomic E-state index is 3.81. The van der Waals surface area contributed by atoms with Gasteiger partial charge in [0.1, 0.15) is 0 Å². The summed E-state index contributed by atoms with van der Waals surface area (Å²) in [6, 6.07) is 6.63. The lowest BCUT2D eigenvalue weighted by atomic mass is 9.92. The summed E-state index contributed by atoms with van der Waals surface area (Å²) in [6.07, 6.45) is 5.40. The number of alkyl halides is 1. The van der Waals surface area contributed by atoms with E-state index in [-0.39, 0.29) is 0 Å². The maximum absolute atomic E-state index is 3.81. The Labute approximate surface area is 101 Å². The van der Waals surface area contributed by atoms with Gasteiger partial charge in [0, 0.05) is 4.83 Å². The summed E-state index contributed by atoms with van der Waals surface area (Å²) in [6.45, 7) is 4.47. The summed E-state index contributed by atoms with van der Waals surface area (Å²) in [7, 11) is 0. The molecule has 1 heteroatoms. The summed E-state index contributed by atoms with van der Waals surface area (Å²) in [5, 5.41) is 0. The van der Waals surface area contributed by atoms with Crippen molar-refractivity contribution in [3.63, 3.8) is 0 Å². The fourth-order valence-corrected chi connectivity index (χ4v) is 3.43. The average Bonchev–Trinajstić information content (AvgIpc) is 2.58. The fraction of sp³-hybridized carbons (Fsp3) is 0.571. The lowest BCUT2D eigenvalue weighted by Gasteiger charge is -2.17. The van der Waals surface area contributed by atoms with Gasteiger partial charge in [-0.3, -0.25) is 0 Å². The Morgan fingerprint density at radius 3 is 2.40 bits per heavy atom. The van der Waals surface area contributed by atoms with Crippen LogP contribution in [0.2, 0.25) is 0 Å². The van der Waals surface area contributed by atoms with E-state index in [1.165, 1.54) is 36.8 Å². The van der Waals surface area contributed by atoms with Gasteiger partial charge in [0.25, 0.3) is 0 Å². The smallest absolute Gasteiger partial charge is 0.0177 e. The Bertz CT molecular complexity index is 323. The van der Waals surface area contributed by atoms with Crippen LogP contribution in [0.4, 0.5) is 0 Å². The van der Waals surface area contributed by atoms with Crippen LogP contribution in [0.1, 0.15) is 36.0 Å². The Kier molecular flexibility index (Phi) is 3.50. The highest BCUT2D eigenvalue weighted by Gasteiger charge is 2.25. The average molecular weight is 267 g/mol. The van der Waals surface area contributed by atoms with Crippen LogP contribution < -0.4 is 0 Å². The molecule has 1 saturated carbocycles. The molecule has 2 rings (SSSR count). The summed E-state index contributed by atoms with van der Waals surface area (Å²) in [4.78, 5) is 0.747. The van der Waals surface area contributed by atoms with Gasteiger partial charge in [0.2, 0.25) is 0 Å². The first-order valence-corrected chi connectivity index (χ1v) is 6.79. The highest BCUT2D eigenvalue weighted by molar-refractivity contribution is 9.09. The molecule has 1 aliphatic carbocycles. The van der Waals surface area contributed by atoms with Gasteiger partial charge in [-0.1, -0.05) is 40.5 Å². The van der Waals surface area contributed by atoms with E-state index in [0.29, 0.717) is 0 Å². The van der Waals surface area contributed by atoms with Crippen molar-refractivity contribution >= 4 is 15.9 Å². The minimum absolute atomic E-state index is 0.747. The normalized spacial score (nSPS) is 25.8. The topological polar surface area (TPSA) is 0 Å². The summed E-state index contributed by atoms with van der Waals surface area (Å²) < 4.78 is 0. The zero-order valence-corrected chi connectivity index (χ0v) is 11.2. The number of benzene rings is 1. The van der Waals surface area contributed by atoms with E-state index in [0.717, 1.165) is 10.7 Å². The molecular weight excluding hydrogens is 248 g/mol. The van der Waals surface area contributed by atoms with Crippen molar-refractivity contribution in [1.29, 1.82) is 0 Å². The van der Waals surface area contributed by atoms with E-state index in [4.69, 9.17) is 0 Å². The molecule has 82 valence electrons. The van der Waals surface area contributed by atoms with Crippen molar-refractivity contribution in [1.82, 2.24) is 0 Å². The zero-order valence-electron chi connectivity index (χ0n) is 9.59. The predicted octanol–water partition coefficient (Wildman–Crippen LogP) is 4.41. The summed E-state index contributed by atoms with van der Waals surface area (Å²) in [5.74, 6) is 0.852. The molecule has 2 atom stereocenters. The molecule has 0 N–H and O–H groups in total. The Morgan fingerprint density at radius 1 is 1.20 bits per heavy atom. The van der Waals surface area contributed by atoms with Crippen LogP contribution in [0.5, 0.6) is 0 Å². The largest absolute Gasteiger partial charge is 0.0888 e. The molecule has 1 aromatic rings. The van der Waals surface area contributed by atoms with Crippen LogP contribution in [-0.2, 0) is 6.42 Å². The van der Waals surface area contributed by atoms with E-state index >= 15 is 0 Å². The third-order valence-electron chi connectivity index (χ3n) is 3.68.